The number of pyridine rings is 1. The average molecular weight is 359 g/mol. The Morgan fingerprint density at radius 2 is 1.85 bits per heavy atom. The Kier molecular flexibility index (Phi) is 4.30. The zero-order valence-corrected chi connectivity index (χ0v) is 14.7. The molecule has 0 saturated carbocycles. The molecule has 4 rings (SSSR count). The van der Waals surface area contributed by atoms with E-state index in [1.54, 1.807) is 43.6 Å². The van der Waals surface area contributed by atoms with Crippen molar-refractivity contribution in [1.29, 1.82) is 0 Å². The molecule has 2 aromatic heterocycles. The number of nitrogens with one attached hydrogen (secondary N) is 1. The number of amides is 1. The van der Waals surface area contributed by atoms with E-state index in [2.05, 4.69) is 10.3 Å². The Morgan fingerprint density at radius 1 is 1.07 bits per heavy atom. The lowest BCUT2D eigenvalue weighted by atomic mass is 10.2. The largest absolute Gasteiger partial charge is 0.497 e. The number of fused-ring (bicyclic) bond motifs is 2. The van der Waals surface area contributed by atoms with Crippen LogP contribution in [-0.2, 0) is 6.54 Å². The van der Waals surface area contributed by atoms with Crippen molar-refractivity contribution in [1.82, 2.24) is 14.7 Å². The van der Waals surface area contributed by atoms with Crippen LogP contribution < -0.4 is 15.6 Å². The minimum atomic E-state index is -0.286. The number of para-hydroxylation sites is 1. The molecule has 1 N–H and O–H groups in total. The molecule has 0 aliphatic heterocycles. The maximum atomic E-state index is 12.7. The van der Waals surface area contributed by atoms with Gasteiger partial charge in [-0.15, -0.1) is 0 Å². The monoisotopic (exact) mass is 359 g/mol. The fourth-order valence-electron chi connectivity index (χ4n) is 2.97. The van der Waals surface area contributed by atoms with Crippen molar-refractivity contribution in [3.05, 3.63) is 88.3 Å². The van der Waals surface area contributed by atoms with Crippen molar-refractivity contribution in [2.75, 3.05) is 7.11 Å². The molecular weight excluding hydrogens is 342 g/mol. The van der Waals surface area contributed by atoms with E-state index in [0.29, 0.717) is 28.7 Å². The van der Waals surface area contributed by atoms with Crippen molar-refractivity contribution in [3.63, 3.8) is 0 Å². The van der Waals surface area contributed by atoms with Crippen molar-refractivity contribution in [3.8, 4) is 5.75 Å². The van der Waals surface area contributed by atoms with E-state index >= 15 is 0 Å². The van der Waals surface area contributed by atoms with Crippen LogP contribution in [0.4, 0.5) is 0 Å². The first-order valence-corrected chi connectivity index (χ1v) is 8.48. The summed E-state index contributed by atoms with van der Waals surface area (Å²) in [7, 11) is 1.61. The molecule has 0 spiro atoms. The zero-order chi connectivity index (χ0) is 18.8. The van der Waals surface area contributed by atoms with Crippen molar-refractivity contribution in [2.24, 2.45) is 0 Å². The number of carbonyl (C=O) groups excluding carboxylic acids is 1. The number of nitrogens with zero attached hydrogens (tertiary/aromatic N) is 2. The summed E-state index contributed by atoms with van der Waals surface area (Å²) in [5.74, 6) is 0.473. The maximum absolute atomic E-state index is 12.7. The van der Waals surface area contributed by atoms with Gasteiger partial charge in [0.05, 0.1) is 23.6 Å². The lowest BCUT2D eigenvalue weighted by Gasteiger charge is -2.09. The van der Waals surface area contributed by atoms with Crippen LogP contribution in [0.2, 0.25) is 0 Å². The molecule has 0 fully saturated rings. The minimum absolute atomic E-state index is 0.194. The molecule has 27 heavy (non-hydrogen) atoms. The van der Waals surface area contributed by atoms with E-state index in [-0.39, 0.29) is 11.5 Å². The number of carbonyl (C=O) groups is 1. The predicted octanol–water partition coefficient (Wildman–Crippen LogP) is 2.79. The highest BCUT2D eigenvalue weighted by atomic mass is 16.5. The zero-order valence-electron chi connectivity index (χ0n) is 14.7. The summed E-state index contributed by atoms with van der Waals surface area (Å²) in [5.41, 5.74) is 2.01. The van der Waals surface area contributed by atoms with E-state index in [9.17, 15) is 9.59 Å². The van der Waals surface area contributed by atoms with E-state index in [4.69, 9.17) is 4.74 Å². The standard InChI is InChI=1S/C21H17N3O3/c1-27-15-10-8-14(9-11-15)13-22-20(25)17-6-4-12-24-19(17)23-18-7-3-2-5-16(18)21(24)26/h2-12H,13H2,1H3,(H,22,25). The fraction of sp³-hybridized carbons (Fsp3) is 0.0952. The summed E-state index contributed by atoms with van der Waals surface area (Å²) in [6, 6.07) is 17.9. The molecule has 6 heteroatoms. The number of hydrogen-bond donors (Lipinski definition) is 1. The smallest absolute Gasteiger partial charge is 0.265 e. The van der Waals surface area contributed by atoms with Crippen LogP contribution in [-0.4, -0.2) is 22.4 Å². The summed E-state index contributed by atoms with van der Waals surface area (Å²) in [4.78, 5) is 29.9. The summed E-state index contributed by atoms with van der Waals surface area (Å²) < 4.78 is 6.54. The van der Waals surface area contributed by atoms with Gasteiger partial charge in [-0.25, -0.2) is 4.98 Å². The van der Waals surface area contributed by atoms with Gasteiger partial charge in [-0.05, 0) is 42.0 Å². The van der Waals surface area contributed by atoms with Gasteiger partial charge in [-0.3, -0.25) is 14.0 Å². The van der Waals surface area contributed by atoms with Gasteiger partial charge in [0.2, 0.25) is 0 Å². The minimum Gasteiger partial charge on any atom is -0.497 e. The molecule has 0 bridgehead atoms. The Bertz CT molecular complexity index is 1200. The Hall–Kier alpha value is -3.67. The summed E-state index contributed by atoms with van der Waals surface area (Å²) in [6.45, 7) is 0.363. The number of hydrogen-bond acceptors (Lipinski definition) is 4. The van der Waals surface area contributed by atoms with E-state index < -0.39 is 0 Å². The second-order valence-electron chi connectivity index (χ2n) is 6.08. The van der Waals surface area contributed by atoms with Crippen LogP contribution in [0.25, 0.3) is 16.6 Å². The predicted molar refractivity (Wildman–Crippen MR) is 103 cm³/mol. The first kappa shape index (κ1) is 16.8. The lowest BCUT2D eigenvalue weighted by Crippen LogP contribution is -2.25. The Labute approximate surface area is 155 Å². The molecule has 2 aromatic carbocycles. The molecule has 4 aromatic rings. The maximum Gasteiger partial charge on any atom is 0.265 e. The van der Waals surface area contributed by atoms with Crippen LogP contribution >= 0.6 is 0 Å². The molecule has 0 radical (unpaired) electrons. The third-order valence-corrected chi connectivity index (χ3v) is 4.40. The van der Waals surface area contributed by atoms with Gasteiger partial charge in [0, 0.05) is 12.7 Å². The molecule has 0 saturated heterocycles. The molecule has 6 nitrogen and oxygen atoms in total. The van der Waals surface area contributed by atoms with Gasteiger partial charge in [0.15, 0.2) is 5.65 Å². The van der Waals surface area contributed by atoms with E-state index in [0.717, 1.165) is 11.3 Å². The Morgan fingerprint density at radius 3 is 2.63 bits per heavy atom. The summed E-state index contributed by atoms with van der Waals surface area (Å²) in [5, 5.41) is 3.40. The number of rotatable bonds is 4. The second-order valence-corrected chi connectivity index (χ2v) is 6.08. The molecule has 2 heterocycles. The van der Waals surface area contributed by atoms with Gasteiger partial charge in [0.25, 0.3) is 11.5 Å². The quantitative estimate of drug-likeness (QED) is 0.569. The second kappa shape index (κ2) is 6.92. The fourth-order valence-corrected chi connectivity index (χ4v) is 2.97. The number of ether oxygens (including phenoxy) is 1. The molecule has 0 unspecified atom stereocenters. The lowest BCUT2D eigenvalue weighted by molar-refractivity contribution is 0.0952. The number of aromatic nitrogens is 2. The first-order chi connectivity index (χ1) is 13.2. The number of benzene rings is 2. The van der Waals surface area contributed by atoms with Gasteiger partial charge in [0.1, 0.15) is 5.75 Å². The molecule has 0 aliphatic rings. The number of methoxy groups -OCH3 is 1. The van der Waals surface area contributed by atoms with Gasteiger partial charge >= 0.3 is 0 Å². The first-order valence-electron chi connectivity index (χ1n) is 8.48. The van der Waals surface area contributed by atoms with Gasteiger partial charge < -0.3 is 10.1 Å². The van der Waals surface area contributed by atoms with Gasteiger partial charge in [-0.2, -0.15) is 0 Å². The van der Waals surface area contributed by atoms with Crippen LogP contribution in [0, 0.1) is 0 Å². The van der Waals surface area contributed by atoms with Crippen LogP contribution in [0.15, 0.2) is 71.7 Å². The average Bonchev–Trinajstić information content (AvgIpc) is 2.72. The van der Waals surface area contributed by atoms with Crippen LogP contribution in [0.1, 0.15) is 15.9 Å². The molecule has 0 aliphatic carbocycles. The van der Waals surface area contributed by atoms with E-state index in [1.807, 2.05) is 30.3 Å². The molecule has 134 valence electrons. The highest BCUT2D eigenvalue weighted by Gasteiger charge is 2.14. The third kappa shape index (κ3) is 3.13. The molecular formula is C21H17N3O3. The van der Waals surface area contributed by atoms with Crippen molar-refractivity contribution < 1.29 is 9.53 Å². The van der Waals surface area contributed by atoms with Crippen molar-refractivity contribution in [2.45, 2.75) is 6.54 Å². The molecule has 1 amide bonds. The van der Waals surface area contributed by atoms with Crippen LogP contribution in [0.5, 0.6) is 5.75 Å². The highest BCUT2D eigenvalue weighted by Crippen LogP contribution is 2.14. The van der Waals surface area contributed by atoms with E-state index in [1.165, 1.54) is 4.40 Å². The third-order valence-electron chi connectivity index (χ3n) is 4.40. The van der Waals surface area contributed by atoms with Crippen LogP contribution in [0.3, 0.4) is 0 Å². The summed E-state index contributed by atoms with van der Waals surface area (Å²) >= 11 is 0. The highest BCUT2D eigenvalue weighted by molar-refractivity contribution is 6.00. The summed E-state index contributed by atoms with van der Waals surface area (Å²) in [6.07, 6.45) is 1.62. The van der Waals surface area contributed by atoms with Gasteiger partial charge in [-0.1, -0.05) is 24.3 Å². The Balaban J connectivity index is 1.68. The molecule has 0 atom stereocenters. The van der Waals surface area contributed by atoms with Crippen molar-refractivity contribution >= 4 is 22.5 Å². The SMILES string of the molecule is COc1ccc(CNC(=O)c2cccn3c(=O)c4ccccc4nc23)cc1. The topological polar surface area (TPSA) is 72.7 Å². The normalized spacial score (nSPS) is 10.9.